The Hall–Kier alpha value is -1.97. The van der Waals surface area contributed by atoms with Gasteiger partial charge in [-0.05, 0) is 46.1 Å². The molecule has 2 fully saturated rings. The van der Waals surface area contributed by atoms with Gasteiger partial charge in [-0.15, -0.1) is 0 Å². The molecular formula is C23H33F3N4O2. The third kappa shape index (κ3) is 5.32. The minimum Gasteiger partial charge on any atom is -0.372 e. The van der Waals surface area contributed by atoms with E-state index in [9.17, 15) is 13.2 Å². The molecule has 2 aliphatic heterocycles. The Morgan fingerprint density at radius 3 is 2.50 bits per heavy atom. The number of anilines is 1. The van der Waals surface area contributed by atoms with Gasteiger partial charge in [0, 0.05) is 26.3 Å². The second kappa shape index (κ2) is 9.49. The molecule has 0 amide bonds. The average molecular weight is 455 g/mol. The molecule has 6 nitrogen and oxygen atoms in total. The monoisotopic (exact) mass is 454 g/mol. The van der Waals surface area contributed by atoms with Gasteiger partial charge in [-0.2, -0.15) is 13.2 Å². The van der Waals surface area contributed by atoms with E-state index in [1.54, 1.807) is 7.11 Å². The number of likely N-dealkylation sites (tertiary alicyclic amines) is 1. The Labute approximate surface area is 188 Å². The predicted molar refractivity (Wildman–Crippen MR) is 117 cm³/mol. The first-order chi connectivity index (χ1) is 15.0. The zero-order valence-corrected chi connectivity index (χ0v) is 19.4. The summed E-state index contributed by atoms with van der Waals surface area (Å²) in [4.78, 5) is 12.5. The van der Waals surface area contributed by atoms with Crippen molar-refractivity contribution < 1.29 is 22.6 Å². The largest absolute Gasteiger partial charge is 0.401 e. The third-order valence-corrected chi connectivity index (χ3v) is 6.35. The number of methoxy groups -OCH3 is 1. The molecule has 3 heterocycles. The molecule has 1 aromatic heterocycles. The fourth-order valence-corrected chi connectivity index (χ4v) is 4.59. The first-order valence-corrected chi connectivity index (χ1v) is 10.9. The van der Waals surface area contributed by atoms with E-state index >= 15 is 0 Å². The minimum atomic E-state index is -4.20. The SMILES string of the molecule is C/C=C\C(=C/C)C1CN(c2cc(C3(OC)CCN(CC(F)(F)F)CC3)ncn2)C(C)(C)O1. The van der Waals surface area contributed by atoms with Gasteiger partial charge in [-0.1, -0.05) is 18.2 Å². The highest BCUT2D eigenvalue weighted by atomic mass is 19.4. The summed E-state index contributed by atoms with van der Waals surface area (Å²) < 4.78 is 50.5. The van der Waals surface area contributed by atoms with Crippen molar-refractivity contribution in [2.24, 2.45) is 0 Å². The van der Waals surface area contributed by atoms with E-state index in [4.69, 9.17) is 9.47 Å². The van der Waals surface area contributed by atoms with Crippen molar-refractivity contribution >= 4 is 5.82 Å². The van der Waals surface area contributed by atoms with Crippen molar-refractivity contribution in [3.8, 4) is 0 Å². The molecule has 2 aliphatic rings. The number of aromatic nitrogens is 2. The summed E-state index contributed by atoms with van der Waals surface area (Å²) in [5, 5.41) is 0. The van der Waals surface area contributed by atoms with Gasteiger partial charge < -0.3 is 14.4 Å². The number of nitrogens with zero attached hydrogens (tertiary/aromatic N) is 4. The standard InChI is InChI=1S/C23H33F3N4O2/c1-6-8-17(7-2)18-14-30(21(3,4)32-18)20-13-19(27-16-28-20)22(31-5)9-11-29(12-10-22)15-23(24,25)26/h6-8,13,16,18H,9-12,14-15H2,1-5H3/b8-6-,17-7+. The smallest absolute Gasteiger partial charge is 0.372 e. The predicted octanol–water partition coefficient (Wildman–Crippen LogP) is 4.44. The maximum Gasteiger partial charge on any atom is 0.401 e. The molecule has 2 saturated heterocycles. The molecule has 32 heavy (non-hydrogen) atoms. The van der Waals surface area contributed by atoms with Crippen molar-refractivity contribution in [1.82, 2.24) is 14.9 Å². The normalized spacial score (nSPS) is 24.4. The average Bonchev–Trinajstić information content (AvgIpc) is 3.06. The molecule has 0 saturated carbocycles. The number of allylic oxidation sites excluding steroid dienone is 2. The van der Waals surface area contributed by atoms with E-state index in [1.165, 1.54) is 11.2 Å². The lowest BCUT2D eigenvalue weighted by molar-refractivity contribution is -0.157. The van der Waals surface area contributed by atoms with Crippen molar-refractivity contribution in [2.75, 3.05) is 38.2 Å². The lowest BCUT2D eigenvalue weighted by Gasteiger charge is -2.41. The highest BCUT2D eigenvalue weighted by Gasteiger charge is 2.43. The number of alkyl halides is 3. The van der Waals surface area contributed by atoms with Crippen LogP contribution in [0.5, 0.6) is 0 Å². The van der Waals surface area contributed by atoms with Crippen molar-refractivity contribution in [2.45, 2.75) is 64.1 Å². The topological polar surface area (TPSA) is 50.7 Å². The summed E-state index contributed by atoms with van der Waals surface area (Å²) in [5.74, 6) is 0.715. The van der Waals surface area contributed by atoms with Crippen LogP contribution in [0.4, 0.5) is 19.0 Å². The number of piperidine rings is 1. The maximum atomic E-state index is 12.8. The van der Waals surface area contributed by atoms with Crippen LogP contribution in [0, 0.1) is 0 Å². The van der Waals surface area contributed by atoms with Crippen molar-refractivity contribution in [3.05, 3.63) is 41.9 Å². The second-order valence-corrected chi connectivity index (χ2v) is 8.80. The van der Waals surface area contributed by atoms with Gasteiger partial charge in [-0.25, -0.2) is 9.97 Å². The van der Waals surface area contributed by atoms with E-state index < -0.39 is 24.0 Å². The fraction of sp³-hybridized carbons (Fsp3) is 0.652. The number of rotatable bonds is 6. The molecule has 9 heteroatoms. The molecule has 0 spiro atoms. The Balaban J connectivity index is 1.81. The number of ether oxygens (including phenoxy) is 2. The molecule has 0 N–H and O–H groups in total. The summed E-state index contributed by atoms with van der Waals surface area (Å²) in [6.45, 7) is 8.28. The fourth-order valence-electron chi connectivity index (χ4n) is 4.59. The zero-order valence-electron chi connectivity index (χ0n) is 19.4. The molecule has 0 bridgehead atoms. The molecule has 0 aromatic carbocycles. The molecule has 178 valence electrons. The van der Waals surface area contributed by atoms with Gasteiger partial charge in [0.15, 0.2) is 0 Å². The van der Waals surface area contributed by atoms with Gasteiger partial charge in [0.05, 0.1) is 18.8 Å². The maximum absolute atomic E-state index is 12.8. The lowest BCUT2D eigenvalue weighted by Crippen LogP contribution is -2.47. The molecule has 3 rings (SSSR count). The summed E-state index contributed by atoms with van der Waals surface area (Å²) in [7, 11) is 1.59. The first kappa shape index (κ1) is 24.7. The quantitative estimate of drug-likeness (QED) is 0.593. The third-order valence-electron chi connectivity index (χ3n) is 6.35. The van der Waals surface area contributed by atoms with Crippen LogP contribution in [0.2, 0.25) is 0 Å². The van der Waals surface area contributed by atoms with E-state index in [1.807, 2.05) is 52.0 Å². The Bertz CT molecular complexity index is 846. The molecule has 1 unspecified atom stereocenters. The molecule has 0 radical (unpaired) electrons. The minimum absolute atomic E-state index is 0.0911. The highest BCUT2D eigenvalue weighted by molar-refractivity contribution is 5.45. The van der Waals surface area contributed by atoms with Crippen LogP contribution in [-0.2, 0) is 15.1 Å². The molecular weight excluding hydrogens is 421 g/mol. The summed E-state index contributed by atoms with van der Waals surface area (Å²) >= 11 is 0. The van der Waals surface area contributed by atoms with E-state index in [0.29, 0.717) is 44.0 Å². The van der Waals surface area contributed by atoms with Crippen LogP contribution in [0.1, 0.15) is 46.2 Å². The Morgan fingerprint density at radius 2 is 1.94 bits per heavy atom. The summed E-state index contributed by atoms with van der Waals surface area (Å²) in [6, 6.07) is 1.89. The van der Waals surface area contributed by atoms with E-state index in [0.717, 1.165) is 5.57 Å². The van der Waals surface area contributed by atoms with Gasteiger partial charge >= 0.3 is 6.18 Å². The van der Waals surface area contributed by atoms with Gasteiger partial charge in [0.25, 0.3) is 0 Å². The number of hydrogen-bond donors (Lipinski definition) is 0. The van der Waals surface area contributed by atoms with Crippen LogP contribution < -0.4 is 4.90 Å². The van der Waals surface area contributed by atoms with Crippen LogP contribution in [0.25, 0.3) is 0 Å². The molecule has 1 atom stereocenters. The Kier molecular flexibility index (Phi) is 7.31. The molecule has 1 aromatic rings. The highest BCUT2D eigenvalue weighted by Crippen LogP contribution is 2.39. The van der Waals surface area contributed by atoms with Gasteiger partial charge in [0.1, 0.15) is 29.6 Å². The molecule has 0 aliphatic carbocycles. The van der Waals surface area contributed by atoms with E-state index in [-0.39, 0.29) is 6.10 Å². The van der Waals surface area contributed by atoms with Crippen LogP contribution in [-0.4, -0.2) is 66.2 Å². The van der Waals surface area contributed by atoms with Crippen LogP contribution in [0.3, 0.4) is 0 Å². The van der Waals surface area contributed by atoms with Crippen molar-refractivity contribution in [1.29, 1.82) is 0 Å². The van der Waals surface area contributed by atoms with Gasteiger partial charge in [0.2, 0.25) is 0 Å². The summed E-state index contributed by atoms with van der Waals surface area (Å²) in [6.07, 6.45) is 4.15. The van der Waals surface area contributed by atoms with Crippen LogP contribution >= 0.6 is 0 Å². The number of halogens is 3. The summed E-state index contributed by atoms with van der Waals surface area (Å²) in [5.41, 5.74) is 0.476. The first-order valence-electron chi connectivity index (χ1n) is 10.9. The van der Waals surface area contributed by atoms with E-state index in [2.05, 4.69) is 14.9 Å². The second-order valence-electron chi connectivity index (χ2n) is 8.80. The van der Waals surface area contributed by atoms with Crippen LogP contribution in [0.15, 0.2) is 36.2 Å². The lowest BCUT2D eigenvalue weighted by atomic mass is 9.87. The zero-order chi connectivity index (χ0) is 23.6. The Morgan fingerprint density at radius 1 is 1.25 bits per heavy atom. The number of hydrogen-bond acceptors (Lipinski definition) is 6. The van der Waals surface area contributed by atoms with Gasteiger partial charge in [-0.3, -0.25) is 4.90 Å². The van der Waals surface area contributed by atoms with Crippen molar-refractivity contribution in [3.63, 3.8) is 0 Å².